The van der Waals surface area contributed by atoms with Crippen LogP contribution in [0.1, 0.15) is 36.5 Å². The maximum Gasteiger partial charge on any atom is 0.362 e. The third-order valence-electron chi connectivity index (χ3n) is 5.02. The van der Waals surface area contributed by atoms with Crippen LogP contribution in [0.5, 0.6) is 5.75 Å². The molecule has 3 rings (SSSR count). The van der Waals surface area contributed by atoms with Gasteiger partial charge in [0.1, 0.15) is 5.75 Å². The van der Waals surface area contributed by atoms with E-state index in [1.165, 1.54) is 0 Å². The maximum absolute atomic E-state index is 11.1. The fourth-order valence-corrected chi connectivity index (χ4v) is 4.09. The molecule has 2 unspecified atom stereocenters. The average Bonchev–Trinajstić information content (AvgIpc) is 3.15. The second-order valence-corrected chi connectivity index (χ2v) is 9.44. The fraction of sp³-hybridized carbons (Fsp3) is 0.318. The first-order chi connectivity index (χ1) is 14.3. The largest absolute Gasteiger partial charge is 0.481 e. The van der Waals surface area contributed by atoms with E-state index in [4.69, 9.17) is 26.1 Å². The Morgan fingerprint density at radius 2 is 1.97 bits per heavy atom. The molecule has 160 valence electrons. The first kappa shape index (κ1) is 22.7. The van der Waals surface area contributed by atoms with Crippen LogP contribution in [0.25, 0.3) is 0 Å². The number of para-hydroxylation sites is 1. The van der Waals surface area contributed by atoms with Crippen LogP contribution >= 0.6 is 19.2 Å². The number of allylic oxidation sites excluding steroid dienone is 1. The molecule has 30 heavy (non-hydrogen) atoms. The van der Waals surface area contributed by atoms with E-state index in [9.17, 15) is 9.67 Å². The Bertz CT molecular complexity index is 960. The van der Waals surface area contributed by atoms with E-state index in [0.717, 1.165) is 17.5 Å². The number of ether oxygens (including phenoxy) is 1. The van der Waals surface area contributed by atoms with Gasteiger partial charge in [0.15, 0.2) is 6.35 Å². The summed E-state index contributed by atoms with van der Waals surface area (Å²) in [4.78, 5) is 22.7. The molecule has 1 heterocycles. The number of aliphatic hydroxyl groups excluding tert-OH is 1. The maximum atomic E-state index is 11.1. The number of rotatable bonds is 10. The van der Waals surface area contributed by atoms with Crippen LogP contribution in [0.4, 0.5) is 0 Å². The van der Waals surface area contributed by atoms with Crippen molar-refractivity contribution in [2.75, 3.05) is 6.35 Å². The summed E-state index contributed by atoms with van der Waals surface area (Å²) in [6.45, 7) is 0. The lowest BCUT2D eigenvalue weighted by atomic mass is 9.85. The molecule has 0 radical (unpaired) electrons. The lowest BCUT2D eigenvalue weighted by Crippen LogP contribution is -2.25. The third kappa shape index (κ3) is 6.53. The molecule has 2 aromatic carbocycles. The molecule has 2 atom stereocenters. The van der Waals surface area contributed by atoms with Crippen molar-refractivity contribution in [3.05, 3.63) is 76.8 Å². The van der Waals surface area contributed by atoms with Crippen molar-refractivity contribution in [1.29, 1.82) is 0 Å². The van der Waals surface area contributed by atoms with E-state index in [1.54, 1.807) is 30.5 Å². The van der Waals surface area contributed by atoms with Crippen LogP contribution in [0.2, 0.25) is 5.02 Å². The van der Waals surface area contributed by atoms with E-state index in [-0.39, 0.29) is 0 Å². The van der Waals surface area contributed by atoms with Gasteiger partial charge >= 0.3 is 7.60 Å². The van der Waals surface area contributed by atoms with Crippen LogP contribution in [0, 0.1) is 0 Å². The molecular weight excluding hydrogens is 425 g/mol. The monoisotopic (exact) mass is 449 g/mol. The van der Waals surface area contributed by atoms with Crippen LogP contribution in [0.15, 0.2) is 65.7 Å². The predicted molar refractivity (Wildman–Crippen MR) is 118 cm³/mol. The zero-order chi connectivity index (χ0) is 21.6. The van der Waals surface area contributed by atoms with Crippen molar-refractivity contribution in [3.63, 3.8) is 0 Å². The predicted octanol–water partition coefficient (Wildman–Crippen LogP) is 4.68. The summed E-state index contributed by atoms with van der Waals surface area (Å²) in [5.41, 5.74) is 1.14. The number of benzene rings is 2. The summed E-state index contributed by atoms with van der Waals surface area (Å²) in [5, 5.41) is 11.3. The Balaban J connectivity index is 1.63. The van der Waals surface area contributed by atoms with Gasteiger partial charge in [-0.15, -0.1) is 0 Å². The molecule has 0 bridgehead atoms. The van der Waals surface area contributed by atoms with Crippen molar-refractivity contribution in [2.24, 2.45) is 4.99 Å². The SMILES string of the molecule is O=P(O)(O)COc1ccccc1CCCC1(CC(O)c2cccc(Cl)c2)C=CC=N1. The Morgan fingerprint density at radius 1 is 1.17 bits per heavy atom. The lowest BCUT2D eigenvalue weighted by molar-refractivity contribution is 0.142. The van der Waals surface area contributed by atoms with Gasteiger partial charge in [0, 0.05) is 17.7 Å². The third-order valence-corrected chi connectivity index (χ3v) is 5.72. The molecule has 6 nitrogen and oxygen atoms in total. The van der Waals surface area contributed by atoms with Gasteiger partial charge in [-0.1, -0.05) is 48.0 Å². The zero-order valence-electron chi connectivity index (χ0n) is 16.4. The molecule has 0 amide bonds. The molecule has 3 N–H and O–H groups in total. The van der Waals surface area contributed by atoms with E-state index >= 15 is 0 Å². The molecule has 0 spiro atoms. The highest BCUT2D eigenvalue weighted by Gasteiger charge is 2.31. The summed E-state index contributed by atoms with van der Waals surface area (Å²) >= 11 is 6.04. The number of nitrogens with zero attached hydrogens (tertiary/aromatic N) is 1. The number of hydrogen-bond donors (Lipinski definition) is 3. The summed E-state index contributed by atoms with van der Waals surface area (Å²) in [6.07, 6.45) is 6.90. The minimum absolute atomic E-state index is 0.441. The molecule has 1 aliphatic rings. The smallest absolute Gasteiger partial charge is 0.362 e. The number of aliphatic imine (C=N–C) groups is 1. The first-order valence-corrected chi connectivity index (χ1v) is 11.9. The van der Waals surface area contributed by atoms with Crippen molar-refractivity contribution < 1.29 is 24.2 Å². The molecule has 0 aliphatic carbocycles. The summed E-state index contributed by atoms with van der Waals surface area (Å²) in [7, 11) is -4.24. The van der Waals surface area contributed by atoms with E-state index < -0.39 is 25.6 Å². The summed E-state index contributed by atoms with van der Waals surface area (Å²) < 4.78 is 16.4. The molecular formula is C22H25ClNO5P. The van der Waals surface area contributed by atoms with Gasteiger partial charge < -0.3 is 19.6 Å². The van der Waals surface area contributed by atoms with Crippen molar-refractivity contribution in [1.82, 2.24) is 0 Å². The molecule has 0 saturated heterocycles. The lowest BCUT2D eigenvalue weighted by Gasteiger charge is -2.27. The Kier molecular flexibility index (Phi) is 7.50. The minimum atomic E-state index is -4.24. The highest BCUT2D eigenvalue weighted by atomic mass is 35.5. The fourth-order valence-electron chi connectivity index (χ4n) is 3.58. The van der Waals surface area contributed by atoms with Crippen LogP contribution in [-0.4, -0.2) is 33.0 Å². The van der Waals surface area contributed by atoms with Crippen molar-refractivity contribution in [3.8, 4) is 5.75 Å². The Hall–Kier alpha value is -1.95. The van der Waals surface area contributed by atoms with Gasteiger partial charge in [-0.2, -0.15) is 0 Å². The van der Waals surface area contributed by atoms with Crippen LogP contribution < -0.4 is 4.74 Å². The van der Waals surface area contributed by atoms with E-state index in [2.05, 4.69) is 4.99 Å². The second-order valence-electron chi connectivity index (χ2n) is 7.42. The number of halogens is 1. The Labute approximate surface area is 181 Å². The highest BCUT2D eigenvalue weighted by Crippen LogP contribution is 2.37. The summed E-state index contributed by atoms with van der Waals surface area (Å²) in [5.74, 6) is 0.472. The normalized spacial score (nSPS) is 19.2. The first-order valence-electron chi connectivity index (χ1n) is 9.68. The van der Waals surface area contributed by atoms with Gasteiger partial charge in [-0.05, 0) is 54.7 Å². The number of aliphatic hydroxyl groups is 1. The van der Waals surface area contributed by atoms with Crippen LogP contribution in [-0.2, 0) is 11.0 Å². The van der Waals surface area contributed by atoms with Crippen molar-refractivity contribution >= 4 is 25.4 Å². The van der Waals surface area contributed by atoms with Crippen molar-refractivity contribution in [2.45, 2.75) is 37.3 Å². The average molecular weight is 450 g/mol. The van der Waals surface area contributed by atoms with Crippen LogP contribution in [0.3, 0.4) is 0 Å². The van der Waals surface area contributed by atoms with Gasteiger partial charge in [-0.3, -0.25) is 9.56 Å². The zero-order valence-corrected chi connectivity index (χ0v) is 18.0. The second kappa shape index (κ2) is 9.90. The van der Waals surface area contributed by atoms with Gasteiger partial charge in [0.2, 0.25) is 0 Å². The highest BCUT2D eigenvalue weighted by molar-refractivity contribution is 7.51. The molecule has 0 fully saturated rings. The number of hydrogen-bond acceptors (Lipinski definition) is 4. The molecule has 0 aromatic heterocycles. The molecule has 2 aromatic rings. The van der Waals surface area contributed by atoms with Gasteiger partial charge in [0.25, 0.3) is 0 Å². The quantitative estimate of drug-likeness (QED) is 0.457. The molecule has 8 heteroatoms. The van der Waals surface area contributed by atoms with E-state index in [1.807, 2.05) is 36.4 Å². The van der Waals surface area contributed by atoms with Gasteiger partial charge in [-0.25, -0.2) is 0 Å². The molecule has 0 saturated carbocycles. The molecule has 1 aliphatic heterocycles. The summed E-state index contributed by atoms with van der Waals surface area (Å²) in [6, 6.07) is 14.4. The Morgan fingerprint density at radius 3 is 2.67 bits per heavy atom. The standard InChI is InChI=1S/C22H25ClNO5P/c23-19-9-3-7-18(14-19)20(25)15-22(12-5-13-24-22)11-4-8-17-6-1-2-10-21(17)29-16-30(26,27)28/h1-3,5-7,9-10,12-14,20,25H,4,8,11,15-16H2,(H2,26,27,28). The topological polar surface area (TPSA) is 99.4 Å². The van der Waals surface area contributed by atoms with Gasteiger partial charge in [0.05, 0.1) is 11.6 Å². The number of aryl methyl sites for hydroxylation is 1. The minimum Gasteiger partial charge on any atom is -0.481 e. The van der Waals surface area contributed by atoms with E-state index in [0.29, 0.717) is 30.0 Å².